The highest BCUT2D eigenvalue weighted by Gasteiger charge is 2.12. The van der Waals surface area contributed by atoms with Crippen LogP contribution in [0.15, 0.2) is 82.0 Å². The summed E-state index contributed by atoms with van der Waals surface area (Å²) in [6.07, 6.45) is 0.183. The first-order valence-electron chi connectivity index (χ1n) is 9.29. The van der Waals surface area contributed by atoms with E-state index in [0.29, 0.717) is 16.7 Å². The summed E-state index contributed by atoms with van der Waals surface area (Å²) in [5.41, 5.74) is 1.53. The zero-order valence-corrected chi connectivity index (χ0v) is 16.1. The van der Waals surface area contributed by atoms with Crippen LogP contribution in [0.2, 0.25) is 0 Å². The zero-order valence-electron chi connectivity index (χ0n) is 16.1. The fraction of sp³-hybridized carbons (Fsp3) is 0.0833. The molecule has 30 heavy (non-hydrogen) atoms. The van der Waals surface area contributed by atoms with Crippen LogP contribution in [0.5, 0.6) is 5.75 Å². The Labute approximate surface area is 171 Å². The van der Waals surface area contributed by atoms with E-state index in [0.717, 1.165) is 11.3 Å². The third-order valence-corrected chi connectivity index (χ3v) is 4.67. The molecule has 0 fully saturated rings. The average Bonchev–Trinajstić information content (AvgIpc) is 2.75. The predicted octanol–water partition coefficient (Wildman–Crippen LogP) is 4.79. The van der Waals surface area contributed by atoms with E-state index in [9.17, 15) is 14.0 Å². The monoisotopic (exact) mass is 403 g/mol. The van der Waals surface area contributed by atoms with Gasteiger partial charge in [-0.05, 0) is 48.0 Å². The number of fused-ring (bicyclic) bond motifs is 1. The molecule has 6 heteroatoms. The minimum absolute atomic E-state index is 0.155. The van der Waals surface area contributed by atoms with Crippen molar-refractivity contribution in [2.45, 2.75) is 6.42 Å². The third kappa shape index (κ3) is 4.07. The first-order chi connectivity index (χ1) is 14.5. The second-order valence-corrected chi connectivity index (χ2v) is 6.74. The van der Waals surface area contributed by atoms with E-state index in [1.165, 1.54) is 12.1 Å². The van der Waals surface area contributed by atoms with E-state index < -0.39 is 5.82 Å². The van der Waals surface area contributed by atoms with Gasteiger partial charge in [0.1, 0.15) is 22.9 Å². The summed E-state index contributed by atoms with van der Waals surface area (Å²) in [6, 6.07) is 19.3. The van der Waals surface area contributed by atoms with Gasteiger partial charge in [-0.3, -0.25) is 9.59 Å². The van der Waals surface area contributed by atoms with Crippen LogP contribution < -0.4 is 15.5 Å². The number of hydrogen-bond acceptors (Lipinski definition) is 4. The van der Waals surface area contributed by atoms with Crippen molar-refractivity contribution in [3.8, 4) is 17.1 Å². The molecule has 0 aliphatic carbocycles. The summed E-state index contributed by atoms with van der Waals surface area (Å²) in [5, 5.41) is 3.09. The maximum Gasteiger partial charge on any atom is 0.228 e. The molecule has 0 saturated heterocycles. The Morgan fingerprint density at radius 2 is 1.80 bits per heavy atom. The molecule has 1 N–H and O–H groups in total. The maximum absolute atomic E-state index is 14.0. The van der Waals surface area contributed by atoms with E-state index in [1.807, 2.05) is 12.1 Å². The van der Waals surface area contributed by atoms with Crippen LogP contribution in [0.4, 0.5) is 10.1 Å². The standard InChI is InChI=1S/C24H18FNO4/c1-29-17-9-6-15(7-10-17)12-24(28)26-16-8-11-22-19(13-16)21(27)14-23(30-22)18-4-2-3-5-20(18)25/h2-11,13-14H,12H2,1H3,(H,26,28). The van der Waals surface area contributed by atoms with Gasteiger partial charge in [0.2, 0.25) is 5.91 Å². The van der Waals surface area contributed by atoms with Gasteiger partial charge in [0.05, 0.1) is 24.5 Å². The lowest BCUT2D eigenvalue weighted by Crippen LogP contribution is -2.14. The number of ether oxygens (including phenoxy) is 1. The lowest BCUT2D eigenvalue weighted by Gasteiger charge is -2.08. The summed E-state index contributed by atoms with van der Waals surface area (Å²) < 4.78 is 24.8. The number of nitrogens with one attached hydrogen (secondary N) is 1. The summed E-state index contributed by atoms with van der Waals surface area (Å²) in [7, 11) is 1.58. The summed E-state index contributed by atoms with van der Waals surface area (Å²) in [5.74, 6) is 0.186. The SMILES string of the molecule is COc1ccc(CC(=O)Nc2ccc3oc(-c4ccccc4F)cc(=O)c3c2)cc1. The van der Waals surface area contributed by atoms with Crippen LogP contribution in [0, 0.1) is 5.82 Å². The molecule has 150 valence electrons. The van der Waals surface area contributed by atoms with E-state index >= 15 is 0 Å². The number of methoxy groups -OCH3 is 1. The number of hydrogen-bond donors (Lipinski definition) is 1. The van der Waals surface area contributed by atoms with Crippen molar-refractivity contribution < 1.29 is 18.3 Å². The number of anilines is 1. The number of halogens is 1. The Bertz CT molecular complexity index is 1280. The molecule has 1 heterocycles. The van der Waals surface area contributed by atoms with Gasteiger partial charge in [0.25, 0.3) is 0 Å². The van der Waals surface area contributed by atoms with Crippen molar-refractivity contribution in [2.75, 3.05) is 12.4 Å². The highest BCUT2D eigenvalue weighted by atomic mass is 19.1. The van der Waals surface area contributed by atoms with Crippen LogP contribution in [-0.2, 0) is 11.2 Å². The minimum atomic E-state index is -0.470. The highest BCUT2D eigenvalue weighted by molar-refractivity contribution is 5.94. The summed E-state index contributed by atoms with van der Waals surface area (Å²) in [6.45, 7) is 0. The zero-order chi connectivity index (χ0) is 21.1. The Morgan fingerprint density at radius 1 is 1.03 bits per heavy atom. The first kappa shape index (κ1) is 19.4. The van der Waals surface area contributed by atoms with Crippen molar-refractivity contribution >= 4 is 22.6 Å². The van der Waals surface area contributed by atoms with Crippen molar-refractivity contribution in [3.05, 3.63) is 94.4 Å². The molecule has 0 aliphatic heterocycles. The van der Waals surface area contributed by atoms with Gasteiger partial charge in [-0.2, -0.15) is 0 Å². The van der Waals surface area contributed by atoms with Gasteiger partial charge in [-0.25, -0.2) is 4.39 Å². The number of carbonyl (C=O) groups is 1. The Morgan fingerprint density at radius 3 is 2.53 bits per heavy atom. The van der Waals surface area contributed by atoms with Crippen molar-refractivity contribution in [2.24, 2.45) is 0 Å². The molecular weight excluding hydrogens is 385 g/mol. The second-order valence-electron chi connectivity index (χ2n) is 6.74. The smallest absolute Gasteiger partial charge is 0.228 e. The normalized spacial score (nSPS) is 10.7. The molecule has 0 unspecified atom stereocenters. The summed E-state index contributed by atoms with van der Waals surface area (Å²) >= 11 is 0. The lowest BCUT2D eigenvalue weighted by atomic mass is 10.1. The highest BCUT2D eigenvalue weighted by Crippen LogP contribution is 2.26. The molecule has 0 spiro atoms. The Hall–Kier alpha value is -3.93. The molecule has 1 aromatic heterocycles. The van der Waals surface area contributed by atoms with Gasteiger partial charge < -0.3 is 14.5 Å². The van der Waals surface area contributed by atoms with Crippen LogP contribution >= 0.6 is 0 Å². The maximum atomic E-state index is 14.0. The molecule has 0 saturated carbocycles. The van der Waals surface area contributed by atoms with Crippen LogP contribution in [0.25, 0.3) is 22.3 Å². The van der Waals surface area contributed by atoms with Crippen LogP contribution in [0.3, 0.4) is 0 Å². The van der Waals surface area contributed by atoms with Gasteiger partial charge in [-0.1, -0.05) is 24.3 Å². The topological polar surface area (TPSA) is 68.5 Å². The molecular formula is C24H18FNO4. The van der Waals surface area contributed by atoms with Gasteiger partial charge in [-0.15, -0.1) is 0 Å². The van der Waals surface area contributed by atoms with Gasteiger partial charge >= 0.3 is 0 Å². The number of rotatable bonds is 5. The first-order valence-corrected chi connectivity index (χ1v) is 9.29. The molecule has 0 bridgehead atoms. The van der Waals surface area contributed by atoms with E-state index in [2.05, 4.69) is 5.32 Å². The van der Waals surface area contributed by atoms with E-state index in [1.54, 1.807) is 55.6 Å². The lowest BCUT2D eigenvalue weighted by molar-refractivity contribution is -0.115. The van der Waals surface area contributed by atoms with Crippen molar-refractivity contribution in [3.63, 3.8) is 0 Å². The van der Waals surface area contributed by atoms with Crippen LogP contribution in [0.1, 0.15) is 5.56 Å². The molecule has 1 amide bonds. The quantitative estimate of drug-likeness (QED) is 0.520. The van der Waals surface area contributed by atoms with Gasteiger partial charge in [0.15, 0.2) is 5.43 Å². The van der Waals surface area contributed by atoms with E-state index in [4.69, 9.17) is 9.15 Å². The largest absolute Gasteiger partial charge is 0.497 e. The molecule has 3 aromatic carbocycles. The third-order valence-electron chi connectivity index (χ3n) is 4.67. The second kappa shape index (κ2) is 8.21. The Kier molecular flexibility index (Phi) is 5.30. The van der Waals surface area contributed by atoms with Crippen molar-refractivity contribution in [1.29, 1.82) is 0 Å². The number of carbonyl (C=O) groups excluding carboxylic acids is 1. The number of benzene rings is 3. The fourth-order valence-electron chi connectivity index (χ4n) is 3.16. The average molecular weight is 403 g/mol. The predicted molar refractivity (Wildman–Crippen MR) is 113 cm³/mol. The van der Waals surface area contributed by atoms with E-state index in [-0.39, 0.29) is 29.1 Å². The molecule has 0 aliphatic rings. The molecule has 5 nitrogen and oxygen atoms in total. The molecule has 4 aromatic rings. The minimum Gasteiger partial charge on any atom is -0.497 e. The fourth-order valence-corrected chi connectivity index (χ4v) is 3.16. The van der Waals surface area contributed by atoms with Crippen molar-refractivity contribution in [1.82, 2.24) is 0 Å². The molecule has 0 atom stereocenters. The molecule has 4 rings (SSSR count). The Balaban J connectivity index is 1.56. The molecule has 0 radical (unpaired) electrons. The summed E-state index contributed by atoms with van der Waals surface area (Å²) in [4.78, 5) is 24.9. The van der Waals surface area contributed by atoms with Gasteiger partial charge in [0, 0.05) is 11.8 Å². The van der Waals surface area contributed by atoms with Crippen LogP contribution in [-0.4, -0.2) is 13.0 Å². The number of amides is 1.